The summed E-state index contributed by atoms with van der Waals surface area (Å²) in [5.74, 6) is 1.46. The van der Waals surface area contributed by atoms with Crippen LogP contribution in [-0.2, 0) is 23.1 Å². The van der Waals surface area contributed by atoms with Crippen molar-refractivity contribution in [3.63, 3.8) is 0 Å². The van der Waals surface area contributed by atoms with Crippen LogP contribution in [-0.4, -0.2) is 38.4 Å². The van der Waals surface area contributed by atoms with Gasteiger partial charge in [-0.3, -0.25) is 9.59 Å². The van der Waals surface area contributed by atoms with Crippen molar-refractivity contribution in [1.29, 1.82) is 0 Å². The Labute approximate surface area is 166 Å². The Morgan fingerprint density at radius 1 is 1.26 bits per heavy atom. The van der Waals surface area contributed by atoms with Crippen molar-refractivity contribution in [3.05, 3.63) is 5.82 Å². The molecular weight excluding hydrogens is 362 g/mol. The maximum absolute atomic E-state index is 12.3. The summed E-state index contributed by atoms with van der Waals surface area (Å²) < 4.78 is 1.82. The van der Waals surface area contributed by atoms with E-state index in [-0.39, 0.29) is 24.3 Å². The van der Waals surface area contributed by atoms with Gasteiger partial charge in [-0.15, -0.1) is 10.2 Å². The molecule has 0 unspecified atom stereocenters. The average molecular weight is 396 g/mol. The first-order valence-electron chi connectivity index (χ1n) is 9.81. The summed E-state index contributed by atoms with van der Waals surface area (Å²) in [6, 6.07) is 0.285. The van der Waals surface area contributed by atoms with Crippen molar-refractivity contribution in [1.82, 2.24) is 20.1 Å². The second-order valence-corrected chi connectivity index (χ2v) is 9.11. The van der Waals surface area contributed by atoms with Crippen LogP contribution in [0.5, 0.6) is 0 Å². The number of primary amides is 1. The normalized spacial score (nSPS) is 20.4. The monoisotopic (exact) mass is 395 g/mol. The average Bonchev–Trinajstić information content (AvgIpc) is 2.98. The molecule has 0 atom stereocenters. The minimum Gasteiger partial charge on any atom is -0.370 e. The molecule has 0 aliphatic heterocycles. The summed E-state index contributed by atoms with van der Waals surface area (Å²) in [7, 11) is 1.84. The van der Waals surface area contributed by atoms with E-state index < -0.39 is 0 Å². The molecule has 1 heterocycles. The fourth-order valence-electron chi connectivity index (χ4n) is 3.63. The van der Waals surface area contributed by atoms with E-state index in [9.17, 15) is 9.59 Å². The molecule has 0 bridgehead atoms. The van der Waals surface area contributed by atoms with E-state index in [2.05, 4.69) is 36.3 Å². The summed E-state index contributed by atoms with van der Waals surface area (Å²) in [5.41, 5.74) is 5.56. The number of carbonyl (C=O) groups is 2. The molecule has 0 spiro atoms. The molecule has 1 fully saturated rings. The lowest BCUT2D eigenvalue weighted by Crippen LogP contribution is -2.40. The molecule has 0 radical (unpaired) electrons. The zero-order valence-electron chi connectivity index (χ0n) is 17.0. The predicted octanol–water partition coefficient (Wildman–Crippen LogP) is 2.44. The molecule has 152 valence electrons. The topological polar surface area (TPSA) is 103 Å². The Balaban J connectivity index is 1.75. The SMILES string of the molecule is CCC(C)(C)C1CCC(NC(=O)CSc2nnc(CCC(N)=O)n2C)CC1. The molecule has 3 N–H and O–H groups in total. The highest BCUT2D eigenvalue weighted by atomic mass is 32.2. The van der Waals surface area contributed by atoms with Crippen LogP contribution in [0.4, 0.5) is 0 Å². The maximum Gasteiger partial charge on any atom is 0.230 e. The summed E-state index contributed by atoms with van der Waals surface area (Å²) in [5, 5.41) is 12.0. The molecule has 27 heavy (non-hydrogen) atoms. The van der Waals surface area contributed by atoms with Crippen molar-refractivity contribution >= 4 is 23.6 Å². The fourth-order valence-corrected chi connectivity index (χ4v) is 4.37. The number of carbonyl (C=O) groups excluding carboxylic acids is 2. The van der Waals surface area contributed by atoms with Gasteiger partial charge in [-0.05, 0) is 37.0 Å². The number of nitrogens with two attached hydrogens (primary N) is 1. The number of hydrogen-bond donors (Lipinski definition) is 2. The largest absolute Gasteiger partial charge is 0.370 e. The van der Waals surface area contributed by atoms with Crippen LogP contribution in [0.1, 0.15) is 65.1 Å². The zero-order valence-corrected chi connectivity index (χ0v) is 17.8. The maximum atomic E-state index is 12.3. The molecule has 8 heteroatoms. The Kier molecular flexibility index (Phi) is 7.70. The first-order chi connectivity index (χ1) is 12.7. The van der Waals surface area contributed by atoms with Gasteiger partial charge >= 0.3 is 0 Å². The third kappa shape index (κ3) is 6.23. The quantitative estimate of drug-likeness (QED) is 0.625. The molecule has 1 aliphatic carbocycles. The van der Waals surface area contributed by atoms with Crippen molar-refractivity contribution in [2.24, 2.45) is 24.1 Å². The molecule has 7 nitrogen and oxygen atoms in total. The number of hydrogen-bond acceptors (Lipinski definition) is 5. The van der Waals surface area contributed by atoms with Gasteiger partial charge < -0.3 is 15.6 Å². The Morgan fingerprint density at radius 3 is 2.52 bits per heavy atom. The van der Waals surface area contributed by atoms with Crippen LogP contribution in [0.15, 0.2) is 5.16 Å². The zero-order chi connectivity index (χ0) is 20.0. The van der Waals surface area contributed by atoms with Gasteiger partial charge in [0.05, 0.1) is 5.75 Å². The number of aryl methyl sites for hydroxylation is 1. The number of nitrogens with zero attached hydrogens (tertiary/aromatic N) is 3. The van der Waals surface area contributed by atoms with Crippen LogP contribution >= 0.6 is 11.8 Å². The van der Waals surface area contributed by atoms with Gasteiger partial charge in [-0.2, -0.15) is 0 Å². The Morgan fingerprint density at radius 2 is 1.93 bits per heavy atom. The first kappa shape index (κ1) is 21.7. The second-order valence-electron chi connectivity index (χ2n) is 8.17. The van der Waals surface area contributed by atoms with E-state index in [4.69, 9.17) is 5.73 Å². The molecule has 1 aromatic heterocycles. The van der Waals surface area contributed by atoms with Gasteiger partial charge in [0, 0.05) is 25.9 Å². The van der Waals surface area contributed by atoms with E-state index in [1.807, 2.05) is 11.6 Å². The van der Waals surface area contributed by atoms with Crippen LogP contribution in [0, 0.1) is 11.3 Å². The molecular formula is C19H33N5O2S. The van der Waals surface area contributed by atoms with Crippen molar-refractivity contribution in [3.8, 4) is 0 Å². The lowest BCUT2D eigenvalue weighted by atomic mass is 9.69. The van der Waals surface area contributed by atoms with Gasteiger partial charge in [0.2, 0.25) is 11.8 Å². The summed E-state index contributed by atoms with van der Waals surface area (Å²) in [4.78, 5) is 23.2. The van der Waals surface area contributed by atoms with E-state index in [0.29, 0.717) is 28.6 Å². The van der Waals surface area contributed by atoms with Crippen LogP contribution in [0.3, 0.4) is 0 Å². The van der Waals surface area contributed by atoms with Crippen LogP contribution < -0.4 is 11.1 Å². The van der Waals surface area contributed by atoms with Gasteiger partial charge in [-0.1, -0.05) is 39.0 Å². The molecule has 0 aromatic carbocycles. The Hall–Kier alpha value is -1.57. The Bertz CT molecular complexity index is 651. The molecule has 2 amide bonds. The molecule has 1 aliphatic rings. The molecule has 1 aromatic rings. The van der Waals surface area contributed by atoms with Crippen LogP contribution in [0.25, 0.3) is 0 Å². The van der Waals surface area contributed by atoms with Gasteiger partial charge in [-0.25, -0.2) is 0 Å². The lowest BCUT2D eigenvalue weighted by Gasteiger charge is -2.39. The fraction of sp³-hybridized carbons (Fsp3) is 0.789. The van der Waals surface area contributed by atoms with E-state index in [1.54, 1.807) is 0 Å². The second kappa shape index (κ2) is 9.57. The number of nitrogens with one attached hydrogen (secondary N) is 1. The molecule has 1 saturated carbocycles. The minimum absolute atomic E-state index is 0.0416. The van der Waals surface area contributed by atoms with Gasteiger partial charge in [0.25, 0.3) is 0 Å². The molecule has 2 rings (SSSR count). The predicted molar refractivity (Wildman–Crippen MR) is 107 cm³/mol. The van der Waals surface area contributed by atoms with Gasteiger partial charge in [0.1, 0.15) is 5.82 Å². The summed E-state index contributed by atoms with van der Waals surface area (Å²) in [6.45, 7) is 6.97. The third-order valence-electron chi connectivity index (χ3n) is 5.96. The summed E-state index contributed by atoms with van der Waals surface area (Å²) >= 11 is 1.37. The van der Waals surface area contributed by atoms with Crippen molar-refractivity contribution in [2.75, 3.05) is 5.75 Å². The van der Waals surface area contributed by atoms with Crippen molar-refractivity contribution < 1.29 is 9.59 Å². The van der Waals surface area contributed by atoms with Crippen LogP contribution in [0.2, 0.25) is 0 Å². The third-order valence-corrected chi connectivity index (χ3v) is 6.98. The highest BCUT2D eigenvalue weighted by molar-refractivity contribution is 7.99. The van der Waals surface area contributed by atoms with E-state index in [1.165, 1.54) is 31.0 Å². The highest BCUT2D eigenvalue weighted by Crippen LogP contribution is 2.40. The van der Waals surface area contributed by atoms with Gasteiger partial charge in [0.15, 0.2) is 5.16 Å². The molecule has 0 saturated heterocycles. The van der Waals surface area contributed by atoms with E-state index in [0.717, 1.165) is 18.8 Å². The number of aromatic nitrogens is 3. The minimum atomic E-state index is -0.358. The van der Waals surface area contributed by atoms with Crippen molar-refractivity contribution in [2.45, 2.75) is 76.9 Å². The standard InChI is InChI=1S/C19H33N5O2S/c1-5-19(2,3)13-6-8-14(9-7-13)21-17(26)12-27-18-23-22-16(24(18)4)11-10-15(20)25/h13-14H,5-12H2,1-4H3,(H2,20,25)(H,21,26). The number of amides is 2. The smallest absolute Gasteiger partial charge is 0.230 e. The first-order valence-corrected chi connectivity index (χ1v) is 10.8. The number of thioether (sulfide) groups is 1. The summed E-state index contributed by atoms with van der Waals surface area (Å²) in [6.07, 6.45) is 6.40. The highest BCUT2D eigenvalue weighted by Gasteiger charge is 2.32. The van der Waals surface area contributed by atoms with E-state index >= 15 is 0 Å². The number of rotatable bonds is 9. The lowest BCUT2D eigenvalue weighted by molar-refractivity contribution is -0.119.